The number of halogens is 3. The lowest BCUT2D eigenvalue weighted by Crippen LogP contribution is -2.46. The summed E-state index contributed by atoms with van der Waals surface area (Å²) in [7, 11) is 0. The van der Waals surface area contributed by atoms with Crippen molar-refractivity contribution in [3.63, 3.8) is 0 Å². The second kappa shape index (κ2) is 10.3. The number of benzene rings is 2. The van der Waals surface area contributed by atoms with E-state index >= 15 is 4.39 Å². The third-order valence-corrected chi connectivity index (χ3v) is 7.96. The summed E-state index contributed by atoms with van der Waals surface area (Å²) < 4.78 is 50.0. The number of nitrogens with zero attached hydrogens (tertiary/aromatic N) is 5. The van der Waals surface area contributed by atoms with Gasteiger partial charge in [0.15, 0.2) is 5.82 Å². The molecule has 4 heterocycles. The van der Waals surface area contributed by atoms with Gasteiger partial charge in [-0.05, 0) is 51.7 Å². The molecule has 2 aromatic carbocycles. The number of imidazole rings is 1. The van der Waals surface area contributed by atoms with Crippen LogP contribution in [-0.2, 0) is 5.60 Å². The maximum Gasteiger partial charge on any atom is 0.387 e. The highest BCUT2D eigenvalue weighted by Gasteiger charge is 2.42. The van der Waals surface area contributed by atoms with Gasteiger partial charge in [0.2, 0.25) is 0 Å². The van der Waals surface area contributed by atoms with Crippen molar-refractivity contribution in [3.8, 4) is 16.9 Å². The van der Waals surface area contributed by atoms with Crippen molar-refractivity contribution in [2.45, 2.75) is 91.1 Å². The second-order valence-electron chi connectivity index (χ2n) is 14.1. The van der Waals surface area contributed by atoms with Gasteiger partial charge in [-0.2, -0.15) is 8.78 Å². The maximum absolute atomic E-state index is 15.5. The van der Waals surface area contributed by atoms with Crippen molar-refractivity contribution in [3.05, 3.63) is 71.3 Å². The van der Waals surface area contributed by atoms with Crippen LogP contribution in [0, 0.1) is 11.2 Å². The Bertz CT molecular complexity index is 1770. The molecule has 0 saturated carbocycles. The van der Waals surface area contributed by atoms with Crippen LogP contribution >= 0.6 is 0 Å². The van der Waals surface area contributed by atoms with Gasteiger partial charge in [0, 0.05) is 52.7 Å². The number of fused-ring (bicyclic) bond motifs is 9. The summed E-state index contributed by atoms with van der Waals surface area (Å²) in [4.78, 5) is 18.4. The molecule has 0 amide bonds. The van der Waals surface area contributed by atoms with Crippen LogP contribution < -0.4 is 10.1 Å². The summed E-state index contributed by atoms with van der Waals surface area (Å²) in [5.74, 6) is 0.998. The van der Waals surface area contributed by atoms with Crippen LogP contribution in [-0.4, -0.2) is 42.6 Å². The van der Waals surface area contributed by atoms with Gasteiger partial charge in [-0.25, -0.2) is 19.3 Å². The summed E-state index contributed by atoms with van der Waals surface area (Å²) in [5.41, 5.74) is 1.43. The van der Waals surface area contributed by atoms with Crippen LogP contribution in [0.5, 0.6) is 5.75 Å². The molecule has 0 spiro atoms. The van der Waals surface area contributed by atoms with E-state index in [1.165, 1.54) is 18.5 Å². The van der Waals surface area contributed by atoms with Crippen LogP contribution in [0.4, 0.5) is 13.2 Å². The van der Waals surface area contributed by atoms with Gasteiger partial charge in [0.25, 0.3) is 0 Å². The average molecular weight is 607 g/mol. The highest BCUT2D eigenvalue weighted by atomic mass is 19.3. The van der Waals surface area contributed by atoms with Crippen LogP contribution in [0.2, 0.25) is 0 Å². The fourth-order valence-corrected chi connectivity index (χ4v) is 6.79. The first-order chi connectivity index (χ1) is 20.5. The molecule has 0 radical (unpaired) electrons. The van der Waals surface area contributed by atoms with E-state index in [4.69, 9.17) is 14.7 Å². The molecule has 4 aromatic rings. The van der Waals surface area contributed by atoms with Crippen LogP contribution in [0.15, 0.2) is 47.7 Å². The van der Waals surface area contributed by atoms with E-state index in [0.717, 1.165) is 6.42 Å². The van der Waals surface area contributed by atoms with E-state index in [-0.39, 0.29) is 28.1 Å². The van der Waals surface area contributed by atoms with Gasteiger partial charge in [0.1, 0.15) is 34.9 Å². The summed E-state index contributed by atoms with van der Waals surface area (Å²) in [6.07, 6.45) is 4.26. The van der Waals surface area contributed by atoms with Crippen molar-refractivity contribution in [2.24, 2.45) is 10.4 Å². The van der Waals surface area contributed by atoms with Gasteiger partial charge >= 0.3 is 6.61 Å². The highest BCUT2D eigenvalue weighted by molar-refractivity contribution is 6.02. The minimum Gasteiger partial charge on any atom is -0.434 e. The largest absolute Gasteiger partial charge is 0.434 e. The van der Waals surface area contributed by atoms with Crippen molar-refractivity contribution < 1.29 is 23.0 Å². The standard InChI is InChI=1S/C33H37F3N6O2/c1-31(2,3)16-32(4,5)41-27-18-9-8-10-25(44-30(35)36)26(18)24-13-22(39-27)28-40-21-12-20(34)19(11-23(21)42(24)28)17-14-37-29(38-15-17)33(6,7)43/h8-12,14-15,22,24,30,43H,13,16H2,1-7H3,(H,39,41). The number of rotatable bonds is 6. The first-order valence-corrected chi connectivity index (χ1v) is 14.7. The van der Waals surface area contributed by atoms with Crippen molar-refractivity contribution in [1.82, 2.24) is 24.8 Å². The Morgan fingerprint density at radius 2 is 1.75 bits per heavy atom. The first kappa shape index (κ1) is 30.1. The molecular weight excluding hydrogens is 569 g/mol. The Morgan fingerprint density at radius 1 is 1.05 bits per heavy atom. The van der Waals surface area contributed by atoms with E-state index in [2.05, 4.69) is 49.9 Å². The zero-order chi connectivity index (χ0) is 31.8. The lowest BCUT2D eigenvalue weighted by atomic mass is 9.81. The molecule has 2 N–H and O–H groups in total. The monoisotopic (exact) mass is 606 g/mol. The molecule has 0 saturated heterocycles. The molecule has 2 aliphatic rings. The number of aromatic nitrogens is 4. The Balaban J connectivity index is 1.52. The topological polar surface area (TPSA) is 97.5 Å². The van der Waals surface area contributed by atoms with Crippen LogP contribution in [0.3, 0.4) is 0 Å². The minimum atomic E-state index is -3.01. The number of hydrogen-bond acceptors (Lipinski definition) is 7. The number of aliphatic imine (C=N–C) groups is 1. The Labute approximate surface area is 254 Å². The first-order valence-electron chi connectivity index (χ1n) is 14.7. The summed E-state index contributed by atoms with van der Waals surface area (Å²) in [6, 6.07) is 7.34. The maximum atomic E-state index is 15.5. The lowest BCUT2D eigenvalue weighted by molar-refractivity contribution is -0.0507. The Morgan fingerprint density at radius 3 is 2.39 bits per heavy atom. The molecule has 0 aliphatic carbocycles. The molecule has 0 fully saturated rings. The fraction of sp³-hybridized carbons (Fsp3) is 0.455. The van der Waals surface area contributed by atoms with Gasteiger partial charge in [-0.3, -0.25) is 4.99 Å². The van der Waals surface area contributed by atoms with Crippen LogP contribution in [0.1, 0.15) is 96.2 Å². The quantitative estimate of drug-likeness (QED) is 0.244. The zero-order valence-corrected chi connectivity index (χ0v) is 25.9. The fourth-order valence-electron chi connectivity index (χ4n) is 6.79. The molecule has 6 rings (SSSR count). The SMILES string of the molecule is CC(C)(C)CC(C)(C)NC1=NC2CC(c3c(OC(F)F)cccc31)n1c2nc2cc(F)c(-c3cnc(C(C)(C)O)nc3)cc21. The molecule has 44 heavy (non-hydrogen) atoms. The number of alkyl halides is 2. The molecule has 2 atom stereocenters. The molecule has 2 bridgehead atoms. The average Bonchev–Trinajstić information content (AvgIpc) is 3.36. The molecule has 232 valence electrons. The van der Waals surface area contributed by atoms with Gasteiger partial charge < -0.3 is 19.7 Å². The molecule has 2 unspecified atom stereocenters. The third kappa shape index (κ3) is 5.53. The van der Waals surface area contributed by atoms with Crippen molar-refractivity contribution >= 4 is 16.9 Å². The normalized spacial score (nSPS) is 18.2. The summed E-state index contributed by atoms with van der Waals surface area (Å²) in [5, 5.41) is 13.9. The smallest absolute Gasteiger partial charge is 0.387 e. The van der Waals surface area contributed by atoms with Crippen molar-refractivity contribution in [2.75, 3.05) is 0 Å². The molecule has 11 heteroatoms. The van der Waals surface area contributed by atoms with E-state index in [0.29, 0.717) is 45.8 Å². The van der Waals surface area contributed by atoms with Gasteiger partial charge in [-0.15, -0.1) is 0 Å². The molecule has 2 aliphatic heterocycles. The summed E-state index contributed by atoms with van der Waals surface area (Å²) in [6.45, 7) is 10.8. The number of ether oxygens (including phenoxy) is 1. The van der Waals surface area contributed by atoms with Crippen LogP contribution in [0.25, 0.3) is 22.2 Å². The second-order valence-corrected chi connectivity index (χ2v) is 14.1. The number of aliphatic hydroxyl groups is 1. The predicted octanol–water partition coefficient (Wildman–Crippen LogP) is 7.06. The Hall–Kier alpha value is -3.99. The van der Waals surface area contributed by atoms with E-state index in [9.17, 15) is 13.9 Å². The predicted molar refractivity (Wildman–Crippen MR) is 162 cm³/mol. The number of nitrogens with one attached hydrogen (secondary N) is 1. The van der Waals surface area contributed by atoms with E-state index in [1.54, 1.807) is 32.0 Å². The number of hydrogen-bond donors (Lipinski definition) is 2. The minimum absolute atomic E-state index is 0.0275. The van der Waals surface area contributed by atoms with E-state index in [1.807, 2.05) is 10.6 Å². The molecular formula is C33H37F3N6O2. The molecule has 2 aromatic heterocycles. The third-order valence-electron chi connectivity index (χ3n) is 7.96. The van der Waals surface area contributed by atoms with Gasteiger partial charge in [0.05, 0.1) is 17.1 Å². The summed E-state index contributed by atoms with van der Waals surface area (Å²) >= 11 is 0. The highest BCUT2D eigenvalue weighted by Crippen LogP contribution is 2.49. The lowest BCUT2D eigenvalue weighted by Gasteiger charge is -2.35. The zero-order valence-electron chi connectivity index (χ0n) is 25.9. The number of amidine groups is 1. The van der Waals surface area contributed by atoms with Gasteiger partial charge in [-0.1, -0.05) is 32.9 Å². The van der Waals surface area contributed by atoms with E-state index < -0.39 is 30.1 Å². The Kier molecular flexibility index (Phi) is 7.03. The van der Waals surface area contributed by atoms with Crippen molar-refractivity contribution in [1.29, 1.82) is 0 Å². The molecule has 8 nitrogen and oxygen atoms in total.